The van der Waals surface area contributed by atoms with Gasteiger partial charge in [-0.1, -0.05) is 18.2 Å². The van der Waals surface area contributed by atoms with Crippen molar-refractivity contribution >= 4 is 11.6 Å². The molecule has 0 fully saturated rings. The van der Waals surface area contributed by atoms with Gasteiger partial charge in [0.1, 0.15) is 11.4 Å². The van der Waals surface area contributed by atoms with E-state index in [1.807, 2.05) is 35.0 Å². The summed E-state index contributed by atoms with van der Waals surface area (Å²) in [6.45, 7) is 2.13. The van der Waals surface area contributed by atoms with Gasteiger partial charge in [0.05, 0.1) is 12.3 Å². The van der Waals surface area contributed by atoms with E-state index < -0.39 is 6.10 Å². The zero-order valence-corrected chi connectivity index (χ0v) is 14.1. The largest absolute Gasteiger partial charge is 0.481 e. The average Bonchev–Trinajstić information content (AvgIpc) is 3.04. The van der Waals surface area contributed by atoms with E-state index in [0.717, 1.165) is 16.9 Å². The molecule has 1 aromatic carbocycles. The van der Waals surface area contributed by atoms with Crippen molar-refractivity contribution in [3.63, 3.8) is 0 Å². The van der Waals surface area contributed by atoms with Crippen LogP contribution in [0.25, 0.3) is 5.65 Å². The second-order valence-electron chi connectivity index (χ2n) is 5.80. The molecule has 1 amide bonds. The van der Waals surface area contributed by atoms with Crippen LogP contribution in [-0.4, -0.2) is 33.0 Å². The molecule has 0 saturated carbocycles. The molecule has 0 saturated heterocycles. The molecule has 0 aliphatic heterocycles. The smallest absolute Gasteiger partial charge is 0.260 e. The van der Waals surface area contributed by atoms with E-state index in [-0.39, 0.29) is 12.5 Å². The number of carbonyl (C=O) groups is 1. The van der Waals surface area contributed by atoms with Crippen molar-refractivity contribution in [2.75, 3.05) is 6.54 Å². The van der Waals surface area contributed by atoms with Gasteiger partial charge >= 0.3 is 0 Å². The molecule has 3 aromatic rings. The SMILES string of the molecule is CC(Oc1cccc(CO)c1)C(=O)NCCc1cn2ccccc2n1. The number of pyridine rings is 1. The number of carbonyl (C=O) groups excluding carboxylic acids is 1. The molecule has 2 N–H and O–H groups in total. The average molecular weight is 339 g/mol. The number of imidazole rings is 1. The second-order valence-corrected chi connectivity index (χ2v) is 5.80. The number of ether oxygens (including phenoxy) is 1. The van der Waals surface area contributed by atoms with Crippen LogP contribution in [0.15, 0.2) is 54.9 Å². The topological polar surface area (TPSA) is 75.9 Å². The van der Waals surface area contributed by atoms with Crippen molar-refractivity contribution in [1.82, 2.24) is 14.7 Å². The Labute approximate surface area is 146 Å². The summed E-state index contributed by atoms with van der Waals surface area (Å²) in [5.74, 6) is 0.382. The van der Waals surface area contributed by atoms with Crippen LogP contribution in [0.2, 0.25) is 0 Å². The van der Waals surface area contributed by atoms with E-state index in [0.29, 0.717) is 18.7 Å². The third-order valence-corrected chi connectivity index (χ3v) is 3.86. The van der Waals surface area contributed by atoms with Crippen molar-refractivity contribution in [1.29, 1.82) is 0 Å². The van der Waals surface area contributed by atoms with Gasteiger partial charge in [-0.3, -0.25) is 4.79 Å². The van der Waals surface area contributed by atoms with Crippen LogP contribution in [0.3, 0.4) is 0 Å². The van der Waals surface area contributed by atoms with Crippen LogP contribution in [0.5, 0.6) is 5.75 Å². The third-order valence-electron chi connectivity index (χ3n) is 3.86. The van der Waals surface area contributed by atoms with Gasteiger partial charge in [-0.05, 0) is 36.8 Å². The molecule has 0 aliphatic rings. The fraction of sp³-hybridized carbons (Fsp3) is 0.263. The van der Waals surface area contributed by atoms with Crippen molar-refractivity contribution in [3.05, 3.63) is 66.1 Å². The first-order chi connectivity index (χ1) is 12.2. The van der Waals surface area contributed by atoms with Crippen LogP contribution in [-0.2, 0) is 17.8 Å². The lowest BCUT2D eigenvalue weighted by Gasteiger charge is -2.15. The number of nitrogens with one attached hydrogen (secondary N) is 1. The first kappa shape index (κ1) is 17.0. The zero-order chi connectivity index (χ0) is 17.6. The van der Waals surface area contributed by atoms with Gasteiger partial charge in [-0.25, -0.2) is 4.98 Å². The van der Waals surface area contributed by atoms with Crippen LogP contribution in [0.1, 0.15) is 18.2 Å². The van der Waals surface area contributed by atoms with E-state index >= 15 is 0 Å². The van der Waals surface area contributed by atoms with Crippen molar-refractivity contribution < 1.29 is 14.6 Å². The third kappa shape index (κ3) is 4.36. The number of nitrogens with zero attached hydrogens (tertiary/aromatic N) is 2. The van der Waals surface area contributed by atoms with E-state index in [1.165, 1.54) is 0 Å². The molecule has 1 atom stereocenters. The van der Waals surface area contributed by atoms with Gasteiger partial charge in [-0.2, -0.15) is 0 Å². The fourth-order valence-electron chi connectivity index (χ4n) is 2.54. The Kier molecular flexibility index (Phi) is 5.30. The molecule has 2 heterocycles. The fourth-order valence-corrected chi connectivity index (χ4v) is 2.54. The van der Waals surface area contributed by atoms with Crippen LogP contribution in [0.4, 0.5) is 0 Å². The molecular weight excluding hydrogens is 318 g/mol. The second kappa shape index (κ2) is 7.81. The number of benzene rings is 1. The van der Waals surface area contributed by atoms with Crippen LogP contribution >= 0.6 is 0 Å². The number of aliphatic hydroxyl groups is 1. The lowest BCUT2D eigenvalue weighted by atomic mass is 10.2. The van der Waals surface area contributed by atoms with Gasteiger partial charge < -0.3 is 19.6 Å². The molecule has 1 unspecified atom stereocenters. The van der Waals surface area contributed by atoms with Crippen LogP contribution < -0.4 is 10.1 Å². The van der Waals surface area contributed by atoms with Crippen molar-refractivity contribution in [2.45, 2.75) is 26.1 Å². The maximum absolute atomic E-state index is 12.2. The highest BCUT2D eigenvalue weighted by atomic mass is 16.5. The standard InChI is InChI=1S/C19H21N3O3/c1-14(25-17-6-4-5-15(11-17)13-23)19(24)20-9-8-16-12-22-10-3-2-7-18(22)21-16/h2-7,10-12,14,23H,8-9,13H2,1H3,(H,20,24). The number of hydrogen-bond donors (Lipinski definition) is 2. The molecule has 0 spiro atoms. The first-order valence-corrected chi connectivity index (χ1v) is 8.22. The lowest BCUT2D eigenvalue weighted by molar-refractivity contribution is -0.127. The Hall–Kier alpha value is -2.86. The predicted molar refractivity (Wildman–Crippen MR) is 94.4 cm³/mol. The number of rotatable bonds is 7. The van der Waals surface area contributed by atoms with Gasteiger partial charge in [0.2, 0.25) is 0 Å². The molecule has 0 radical (unpaired) electrons. The minimum absolute atomic E-state index is 0.0587. The normalized spacial score (nSPS) is 12.1. The van der Waals surface area contributed by atoms with E-state index in [9.17, 15) is 4.79 Å². The summed E-state index contributed by atoms with van der Waals surface area (Å²) in [7, 11) is 0. The molecule has 6 nitrogen and oxygen atoms in total. The molecule has 2 aromatic heterocycles. The number of fused-ring (bicyclic) bond motifs is 1. The summed E-state index contributed by atoms with van der Waals surface area (Å²) < 4.78 is 7.58. The highest BCUT2D eigenvalue weighted by Crippen LogP contribution is 2.15. The maximum atomic E-state index is 12.2. The highest BCUT2D eigenvalue weighted by Gasteiger charge is 2.14. The molecule has 0 aliphatic carbocycles. The van der Waals surface area contributed by atoms with Gasteiger partial charge in [-0.15, -0.1) is 0 Å². The van der Waals surface area contributed by atoms with Gasteiger partial charge in [0.25, 0.3) is 5.91 Å². The number of aliphatic hydroxyl groups excluding tert-OH is 1. The predicted octanol–water partition coefficient (Wildman–Crippen LogP) is 1.95. The van der Waals surface area contributed by atoms with E-state index in [1.54, 1.807) is 31.2 Å². The van der Waals surface area contributed by atoms with Gasteiger partial charge in [0.15, 0.2) is 6.10 Å². The Morgan fingerprint density at radius 1 is 1.32 bits per heavy atom. The van der Waals surface area contributed by atoms with E-state index in [2.05, 4.69) is 10.3 Å². The Morgan fingerprint density at radius 2 is 2.20 bits per heavy atom. The number of amides is 1. The summed E-state index contributed by atoms with van der Waals surface area (Å²) in [6.07, 6.45) is 3.94. The first-order valence-electron chi connectivity index (χ1n) is 8.22. The number of hydrogen-bond acceptors (Lipinski definition) is 4. The lowest BCUT2D eigenvalue weighted by Crippen LogP contribution is -2.37. The summed E-state index contributed by atoms with van der Waals surface area (Å²) in [5.41, 5.74) is 2.57. The molecule has 130 valence electrons. The molecule has 6 heteroatoms. The molecule has 0 bridgehead atoms. The Bertz CT molecular complexity index is 827. The molecule has 3 rings (SSSR count). The monoisotopic (exact) mass is 339 g/mol. The molecule has 25 heavy (non-hydrogen) atoms. The summed E-state index contributed by atoms with van der Waals surface area (Å²) >= 11 is 0. The molecular formula is C19H21N3O3. The van der Waals surface area contributed by atoms with Gasteiger partial charge in [0, 0.05) is 25.4 Å². The summed E-state index contributed by atoms with van der Waals surface area (Å²) in [4.78, 5) is 16.7. The zero-order valence-electron chi connectivity index (χ0n) is 14.1. The summed E-state index contributed by atoms with van der Waals surface area (Å²) in [5, 5.41) is 12.0. The minimum Gasteiger partial charge on any atom is -0.481 e. The van der Waals surface area contributed by atoms with Crippen molar-refractivity contribution in [3.8, 4) is 5.75 Å². The quantitative estimate of drug-likeness (QED) is 0.690. The Morgan fingerprint density at radius 3 is 3.00 bits per heavy atom. The maximum Gasteiger partial charge on any atom is 0.260 e. The van der Waals surface area contributed by atoms with Crippen LogP contribution in [0, 0.1) is 0 Å². The minimum atomic E-state index is -0.616. The number of aromatic nitrogens is 2. The van der Waals surface area contributed by atoms with Crippen molar-refractivity contribution in [2.24, 2.45) is 0 Å². The van der Waals surface area contributed by atoms with E-state index in [4.69, 9.17) is 9.84 Å². The Balaban J connectivity index is 1.49. The highest BCUT2D eigenvalue weighted by molar-refractivity contribution is 5.80. The summed E-state index contributed by atoms with van der Waals surface area (Å²) in [6, 6.07) is 12.9.